The van der Waals surface area contributed by atoms with E-state index in [1.165, 1.54) is 6.20 Å². The number of aromatic amines is 1. The number of carbonyl (C=O) groups is 1. The number of hydrogen-bond donors (Lipinski definition) is 3. The van der Waals surface area contributed by atoms with Crippen LogP contribution in [0, 0.1) is 0 Å². The Kier molecular flexibility index (Phi) is 4.77. The molecule has 1 aliphatic rings. The first-order chi connectivity index (χ1) is 9.51. The summed E-state index contributed by atoms with van der Waals surface area (Å²) in [5.74, 6) is 0.621. The SMILES string of the molecule is CCc1ncc(S(=O)(=O)NCCCC(=O)NC2CC2)[nH]1. The largest absolute Gasteiger partial charge is 0.353 e. The minimum atomic E-state index is -3.56. The third kappa shape index (κ3) is 4.31. The van der Waals surface area contributed by atoms with E-state index in [9.17, 15) is 13.2 Å². The van der Waals surface area contributed by atoms with E-state index in [2.05, 4.69) is 20.0 Å². The number of amides is 1. The highest BCUT2D eigenvalue weighted by atomic mass is 32.2. The van der Waals surface area contributed by atoms with E-state index in [1.807, 2.05) is 6.92 Å². The summed E-state index contributed by atoms with van der Waals surface area (Å²) >= 11 is 0. The van der Waals surface area contributed by atoms with Crippen molar-refractivity contribution in [1.82, 2.24) is 20.0 Å². The molecular formula is C12H20N4O3S. The van der Waals surface area contributed by atoms with Crippen LogP contribution < -0.4 is 10.0 Å². The molecule has 1 aromatic rings. The van der Waals surface area contributed by atoms with Crippen molar-refractivity contribution in [2.45, 2.75) is 50.1 Å². The smallest absolute Gasteiger partial charge is 0.257 e. The highest BCUT2D eigenvalue weighted by Crippen LogP contribution is 2.18. The molecule has 0 aliphatic heterocycles. The van der Waals surface area contributed by atoms with Gasteiger partial charge in [0, 0.05) is 25.4 Å². The first-order valence-corrected chi connectivity index (χ1v) is 8.32. The third-order valence-electron chi connectivity index (χ3n) is 3.04. The minimum Gasteiger partial charge on any atom is -0.353 e. The number of carbonyl (C=O) groups excluding carboxylic acids is 1. The zero-order valence-corrected chi connectivity index (χ0v) is 12.3. The van der Waals surface area contributed by atoms with Crippen LogP contribution >= 0.6 is 0 Å². The molecule has 1 amide bonds. The van der Waals surface area contributed by atoms with Crippen LogP contribution in [0.4, 0.5) is 0 Å². The molecule has 2 rings (SSSR count). The first kappa shape index (κ1) is 15.0. The quantitative estimate of drug-likeness (QED) is 0.601. The molecule has 7 nitrogen and oxygen atoms in total. The summed E-state index contributed by atoms with van der Waals surface area (Å²) in [6.07, 6.45) is 4.88. The maximum atomic E-state index is 11.9. The molecular weight excluding hydrogens is 280 g/mol. The monoisotopic (exact) mass is 300 g/mol. The number of H-pyrrole nitrogens is 1. The molecule has 1 fully saturated rings. The van der Waals surface area contributed by atoms with Crippen molar-refractivity contribution in [3.8, 4) is 0 Å². The fraction of sp³-hybridized carbons (Fsp3) is 0.667. The number of aromatic nitrogens is 2. The van der Waals surface area contributed by atoms with Gasteiger partial charge in [-0.15, -0.1) is 0 Å². The number of rotatable bonds is 8. The van der Waals surface area contributed by atoms with Crippen LogP contribution in [0.25, 0.3) is 0 Å². The van der Waals surface area contributed by atoms with Crippen LogP contribution in [0.5, 0.6) is 0 Å². The fourth-order valence-corrected chi connectivity index (χ4v) is 2.73. The molecule has 8 heteroatoms. The molecule has 0 bridgehead atoms. The summed E-state index contributed by atoms with van der Waals surface area (Å²) in [5, 5.41) is 2.93. The van der Waals surface area contributed by atoms with Gasteiger partial charge in [0.15, 0.2) is 5.03 Å². The third-order valence-corrected chi connectivity index (χ3v) is 4.42. The summed E-state index contributed by atoms with van der Waals surface area (Å²) in [7, 11) is -3.56. The van der Waals surface area contributed by atoms with E-state index < -0.39 is 10.0 Å². The van der Waals surface area contributed by atoms with Gasteiger partial charge in [0.25, 0.3) is 10.0 Å². The molecule has 20 heavy (non-hydrogen) atoms. The fourth-order valence-electron chi connectivity index (χ4n) is 1.72. The van der Waals surface area contributed by atoms with E-state index in [0.717, 1.165) is 12.8 Å². The van der Waals surface area contributed by atoms with Crippen molar-refractivity contribution in [1.29, 1.82) is 0 Å². The van der Waals surface area contributed by atoms with E-state index in [0.29, 0.717) is 31.1 Å². The number of sulfonamides is 1. The van der Waals surface area contributed by atoms with Gasteiger partial charge in [0.05, 0.1) is 6.20 Å². The second kappa shape index (κ2) is 6.36. The van der Waals surface area contributed by atoms with Crippen molar-refractivity contribution >= 4 is 15.9 Å². The van der Waals surface area contributed by atoms with E-state index >= 15 is 0 Å². The van der Waals surface area contributed by atoms with E-state index in [-0.39, 0.29) is 17.5 Å². The summed E-state index contributed by atoms with van der Waals surface area (Å²) < 4.78 is 26.3. The summed E-state index contributed by atoms with van der Waals surface area (Å²) in [6, 6.07) is 0.344. The van der Waals surface area contributed by atoms with Crippen LogP contribution in [0.2, 0.25) is 0 Å². The molecule has 0 radical (unpaired) electrons. The van der Waals surface area contributed by atoms with Crippen LogP contribution in [-0.2, 0) is 21.2 Å². The second-order valence-electron chi connectivity index (χ2n) is 4.89. The predicted octanol–water partition coefficient (Wildman–Crippen LogP) is 0.309. The van der Waals surface area contributed by atoms with Crippen molar-refractivity contribution < 1.29 is 13.2 Å². The van der Waals surface area contributed by atoms with E-state index in [4.69, 9.17) is 0 Å². The molecule has 1 aromatic heterocycles. The first-order valence-electron chi connectivity index (χ1n) is 6.84. The average Bonchev–Trinajstić information content (AvgIpc) is 3.07. The molecule has 112 valence electrons. The number of hydrogen-bond acceptors (Lipinski definition) is 4. The van der Waals surface area contributed by atoms with Gasteiger partial charge >= 0.3 is 0 Å². The normalized spacial score (nSPS) is 15.2. The maximum Gasteiger partial charge on any atom is 0.257 e. The highest BCUT2D eigenvalue weighted by Gasteiger charge is 2.23. The molecule has 0 unspecified atom stereocenters. The van der Waals surface area contributed by atoms with Gasteiger partial charge in [-0.3, -0.25) is 4.79 Å². The Balaban J connectivity index is 1.73. The van der Waals surface area contributed by atoms with Crippen LogP contribution in [0.3, 0.4) is 0 Å². The summed E-state index contributed by atoms with van der Waals surface area (Å²) in [6.45, 7) is 2.13. The molecule has 0 aromatic carbocycles. The Morgan fingerprint density at radius 1 is 1.50 bits per heavy atom. The van der Waals surface area contributed by atoms with Gasteiger partial charge < -0.3 is 10.3 Å². The van der Waals surface area contributed by atoms with Gasteiger partial charge in [-0.05, 0) is 19.3 Å². The van der Waals surface area contributed by atoms with Crippen LogP contribution in [0.1, 0.15) is 38.4 Å². The van der Waals surface area contributed by atoms with Gasteiger partial charge in [-0.2, -0.15) is 0 Å². The topological polar surface area (TPSA) is 104 Å². The Morgan fingerprint density at radius 2 is 2.25 bits per heavy atom. The summed E-state index contributed by atoms with van der Waals surface area (Å²) in [4.78, 5) is 18.1. The maximum absolute atomic E-state index is 11.9. The molecule has 0 atom stereocenters. The molecule has 1 heterocycles. The van der Waals surface area contributed by atoms with E-state index in [1.54, 1.807) is 0 Å². The van der Waals surface area contributed by atoms with Crippen molar-refractivity contribution in [2.75, 3.05) is 6.54 Å². The average molecular weight is 300 g/mol. The number of nitrogens with one attached hydrogen (secondary N) is 3. The van der Waals surface area contributed by atoms with Crippen LogP contribution in [0.15, 0.2) is 11.2 Å². The lowest BCUT2D eigenvalue weighted by atomic mass is 10.3. The minimum absolute atomic E-state index is 0.0125. The Bertz CT molecular complexity index is 563. The molecule has 0 spiro atoms. The Hall–Kier alpha value is -1.41. The lowest BCUT2D eigenvalue weighted by Crippen LogP contribution is -2.28. The van der Waals surface area contributed by atoms with Gasteiger partial charge in [0.2, 0.25) is 5.91 Å². The second-order valence-corrected chi connectivity index (χ2v) is 6.63. The Morgan fingerprint density at radius 3 is 2.85 bits per heavy atom. The number of aryl methyl sites for hydroxylation is 1. The lowest BCUT2D eigenvalue weighted by molar-refractivity contribution is -0.121. The van der Waals surface area contributed by atoms with Gasteiger partial charge in [-0.25, -0.2) is 18.1 Å². The Labute approximate surface area is 118 Å². The zero-order valence-electron chi connectivity index (χ0n) is 11.5. The molecule has 0 saturated heterocycles. The van der Waals surface area contributed by atoms with Crippen molar-refractivity contribution in [3.63, 3.8) is 0 Å². The number of nitrogens with zero attached hydrogens (tertiary/aromatic N) is 1. The molecule has 1 saturated carbocycles. The standard InChI is InChI=1S/C12H20N4O3S/c1-2-10-13-8-12(16-10)20(18,19)14-7-3-4-11(17)15-9-5-6-9/h8-9,14H,2-7H2,1H3,(H,13,16)(H,15,17). The lowest BCUT2D eigenvalue weighted by Gasteiger charge is -2.05. The van der Waals surface area contributed by atoms with Gasteiger partial charge in [-0.1, -0.05) is 6.92 Å². The van der Waals surface area contributed by atoms with Crippen molar-refractivity contribution in [3.05, 3.63) is 12.0 Å². The zero-order chi connectivity index (χ0) is 14.6. The predicted molar refractivity (Wildman–Crippen MR) is 73.6 cm³/mol. The number of imidazole rings is 1. The van der Waals surface area contributed by atoms with Crippen LogP contribution in [-0.4, -0.2) is 36.9 Å². The summed E-state index contributed by atoms with van der Waals surface area (Å²) in [5.41, 5.74) is 0. The highest BCUT2D eigenvalue weighted by molar-refractivity contribution is 7.89. The molecule has 1 aliphatic carbocycles. The van der Waals surface area contributed by atoms with Crippen molar-refractivity contribution in [2.24, 2.45) is 0 Å². The molecule has 3 N–H and O–H groups in total. The van der Waals surface area contributed by atoms with Gasteiger partial charge in [0.1, 0.15) is 5.82 Å².